The van der Waals surface area contributed by atoms with Gasteiger partial charge in [0.15, 0.2) is 0 Å². The Morgan fingerprint density at radius 3 is 2.50 bits per heavy atom. The number of hydrogen-bond donors (Lipinski definition) is 0. The molecule has 0 N–H and O–H groups in total. The van der Waals surface area contributed by atoms with Crippen molar-refractivity contribution in [2.75, 3.05) is 14.2 Å². The average molecular weight is 249 g/mol. The van der Waals surface area contributed by atoms with Crippen LogP contribution in [0.2, 0.25) is 0 Å². The minimum atomic E-state index is -4.32. The van der Waals surface area contributed by atoms with E-state index in [1.54, 1.807) is 0 Å². The van der Waals surface area contributed by atoms with Gasteiger partial charge in [-0.1, -0.05) is 6.92 Å². The standard InChI is InChI=1S/C8H16BO6P/c1-4-5-6(15-16(10,11)13-3)7(12-2)8(9)14-5/h5-8H,4H2,1-3H3,(H,10,11)/p-1/t5-,6?,7?,8-/m1/s1. The summed E-state index contributed by atoms with van der Waals surface area (Å²) in [6.07, 6.45) is -1.24. The monoisotopic (exact) mass is 249 g/mol. The lowest BCUT2D eigenvalue weighted by Crippen LogP contribution is -2.37. The molecule has 0 aromatic heterocycles. The Labute approximate surface area is 96.2 Å². The normalized spacial score (nSPS) is 38.5. The third-order valence-corrected chi connectivity index (χ3v) is 3.44. The molecular weight excluding hydrogens is 234 g/mol. The van der Waals surface area contributed by atoms with Crippen molar-refractivity contribution in [2.45, 2.75) is 37.7 Å². The first-order chi connectivity index (χ1) is 7.45. The van der Waals surface area contributed by atoms with Crippen molar-refractivity contribution in [2.24, 2.45) is 0 Å². The number of ether oxygens (including phenoxy) is 2. The lowest BCUT2D eigenvalue weighted by atomic mass is 9.92. The Hall–Kier alpha value is 0.0949. The molecule has 3 unspecified atom stereocenters. The summed E-state index contributed by atoms with van der Waals surface area (Å²) in [5.41, 5.74) is 0. The summed E-state index contributed by atoms with van der Waals surface area (Å²) in [6.45, 7) is 1.84. The molecule has 0 aromatic rings. The summed E-state index contributed by atoms with van der Waals surface area (Å²) in [5, 5.41) is 0. The van der Waals surface area contributed by atoms with Gasteiger partial charge in [0.05, 0.1) is 6.10 Å². The fourth-order valence-electron chi connectivity index (χ4n) is 1.67. The summed E-state index contributed by atoms with van der Waals surface area (Å²) in [6, 6.07) is -0.697. The smallest absolute Gasteiger partial charge is 0.268 e. The third kappa shape index (κ3) is 3.06. The second-order valence-electron chi connectivity index (χ2n) is 3.45. The predicted molar refractivity (Wildman–Crippen MR) is 55.0 cm³/mol. The fourth-order valence-corrected chi connectivity index (χ4v) is 2.31. The van der Waals surface area contributed by atoms with Crippen molar-refractivity contribution in [3.05, 3.63) is 0 Å². The minimum absolute atomic E-state index is 0.419. The van der Waals surface area contributed by atoms with Crippen molar-refractivity contribution in [1.29, 1.82) is 0 Å². The summed E-state index contributed by atoms with van der Waals surface area (Å²) >= 11 is 0. The van der Waals surface area contributed by atoms with E-state index in [0.717, 1.165) is 7.11 Å². The van der Waals surface area contributed by atoms with Gasteiger partial charge in [-0.25, -0.2) is 0 Å². The maximum absolute atomic E-state index is 11.2. The Kier molecular flexibility index (Phi) is 4.97. The highest BCUT2D eigenvalue weighted by molar-refractivity contribution is 7.45. The van der Waals surface area contributed by atoms with Crippen LogP contribution < -0.4 is 4.89 Å². The van der Waals surface area contributed by atoms with Crippen molar-refractivity contribution in [1.82, 2.24) is 0 Å². The van der Waals surface area contributed by atoms with Crippen LogP contribution in [0.4, 0.5) is 0 Å². The van der Waals surface area contributed by atoms with Crippen LogP contribution in [0.5, 0.6) is 0 Å². The van der Waals surface area contributed by atoms with Gasteiger partial charge in [0.25, 0.3) is 7.82 Å². The van der Waals surface area contributed by atoms with Gasteiger partial charge < -0.3 is 23.4 Å². The largest absolute Gasteiger partial charge is 0.756 e. The summed E-state index contributed by atoms with van der Waals surface area (Å²) in [5.74, 6) is 0. The third-order valence-electron chi connectivity index (χ3n) is 2.49. The van der Waals surface area contributed by atoms with Gasteiger partial charge in [0.2, 0.25) is 0 Å². The molecule has 1 aliphatic rings. The van der Waals surface area contributed by atoms with Crippen LogP contribution in [0.15, 0.2) is 0 Å². The lowest BCUT2D eigenvalue weighted by molar-refractivity contribution is -0.231. The summed E-state index contributed by atoms with van der Waals surface area (Å²) < 4.78 is 30.7. The predicted octanol–water partition coefficient (Wildman–Crippen LogP) is -0.195. The van der Waals surface area contributed by atoms with Crippen LogP contribution in [0.1, 0.15) is 13.3 Å². The second-order valence-corrected chi connectivity index (χ2v) is 4.92. The molecule has 0 amide bonds. The molecule has 6 nitrogen and oxygen atoms in total. The highest BCUT2D eigenvalue weighted by Gasteiger charge is 2.43. The van der Waals surface area contributed by atoms with Crippen LogP contribution in [0.3, 0.4) is 0 Å². The molecule has 16 heavy (non-hydrogen) atoms. The highest BCUT2D eigenvalue weighted by Crippen LogP contribution is 2.43. The maximum atomic E-state index is 11.2. The van der Waals surface area contributed by atoms with E-state index in [2.05, 4.69) is 4.52 Å². The molecule has 1 heterocycles. The molecule has 2 radical (unpaired) electrons. The SMILES string of the molecule is [B][C@@H]1O[C@H](CC)C(OP(=O)([O-])OC)C1OC. The molecule has 0 aliphatic carbocycles. The molecular formula is C8H15BO6P-. The Bertz CT molecular complexity index is 275. The summed E-state index contributed by atoms with van der Waals surface area (Å²) in [4.78, 5) is 11.2. The number of hydrogen-bond acceptors (Lipinski definition) is 6. The van der Waals surface area contributed by atoms with Gasteiger partial charge in [-0.2, -0.15) is 0 Å². The van der Waals surface area contributed by atoms with Crippen molar-refractivity contribution in [3.63, 3.8) is 0 Å². The molecule has 1 aliphatic heterocycles. The first-order valence-electron chi connectivity index (χ1n) is 4.94. The number of methoxy groups -OCH3 is 1. The molecule has 8 heteroatoms. The Morgan fingerprint density at radius 1 is 1.44 bits per heavy atom. The second kappa shape index (κ2) is 5.62. The molecule has 1 saturated heterocycles. The van der Waals surface area contributed by atoms with Gasteiger partial charge in [0.1, 0.15) is 20.1 Å². The zero-order valence-electron chi connectivity index (χ0n) is 9.49. The molecule has 0 aromatic carbocycles. The number of rotatable bonds is 5. The Morgan fingerprint density at radius 2 is 2.06 bits per heavy atom. The number of phosphoric ester groups is 1. The average Bonchev–Trinajstić information content (AvgIpc) is 2.53. The first kappa shape index (κ1) is 14.2. The van der Waals surface area contributed by atoms with Gasteiger partial charge in [-0.15, -0.1) is 0 Å². The fraction of sp³-hybridized carbons (Fsp3) is 1.00. The van der Waals surface area contributed by atoms with Crippen LogP contribution in [-0.2, 0) is 23.1 Å². The van der Waals surface area contributed by atoms with E-state index in [4.69, 9.17) is 21.8 Å². The van der Waals surface area contributed by atoms with Gasteiger partial charge in [0, 0.05) is 20.2 Å². The van der Waals surface area contributed by atoms with E-state index in [9.17, 15) is 9.46 Å². The topological polar surface area (TPSA) is 77.1 Å². The molecule has 1 rings (SSSR count). The van der Waals surface area contributed by atoms with Gasteiger partial charge in [-0.3, -0.25) is 4.57 Å². The van der Waals surface area contributed by atoms with Crippen molar-refractivity contribution in [3.8, 4) is 0 Å². The lowest BCUT2D eigenvalue weighted by Gasteiger charge is -2.29. The zero-order chi connectivity index (χ0) is 12.3. The van der Waals surface area contributed by atoms with E-state index in [1.807, 2.05) is 6.92 Å². The highest BCUT2D eigenvalue weighted by atomic mass is 31.2. The van der Waals surface area contributed by atoms with Crippen molar-refractivity contribution >= 4 is 15.7 Å². The first-order valence-corrected chi connectivity index (χ1v) is 6.40. The maximum Gasteiger partial charge on any atom is 0.268 e. The van der Waals surface area contributed by atoms with Gasteiger partial charge in [-0.05, 0) is 6.42 Å². The van der Waals surface area contributed by atoms with Crippen LogP contribution in [-0.4, -0.2) is 46.4 Å². The molecule has 0 spiro atoms. The Balaban J connectivity index is 2.77. The molecule has 92 valence electrons. The molecule has 1 fully saturated rings. The minimum Gasteiger partial charge on any atom is -0.756 e. The van der Waals surface area contributed by atoms with E-state index in [0.29, 0.717) is 6.42 Å². The zero-order valence-corrected chi connectivity index (χ0v) is 10.4. The van der Waals surface area contributed by atoms with E-state index < -0.39 is 32.1 Å². The van der Waals surface area contributed by atoms with E-state index in [1.165, 1.54) is 7.11 Å². The quantitative estimate of drug-likeness (QED) is 0.496. The molecule has 5 atom stereocenters. The van der Waals surface area contributed by atoms with Gasteiger partial charge >= 0.3 is 0 Å². The molecule has 0 bridgehead atoms. The van der Waals surface area contributed by atoms with E-state index in [-0.39, 0.29) is 0 Å². The number of phosphoric acid groups is 1. The van der Waals surface area contributed by atoms with Crippen molar-refractivity contribution < 1.29 is 28.0 Å². The van der Waals surface area contributed by atoms with Crippen LogP contribution in [0.25, 0.3) is 0 Å². The van der Waals surface area contributed by atoms with Crippen LogP contribution >= 0.6 is 7.82 Å². The molecule has 0 saturated carbocycles. The van der Waals surface area contributed by atoms with E-state index >= 15 is 0 Å². The van der Waals surface area contributed by atoms with Crippen LogP contribution in [0, 0.1) is 0 Å². The summed E-state index contributed by atoms with van der Waals surface area (Å²) in [7, 11) is 3.79.